The normalized spacial score (nSPS) is 17.7. The van der Waals surface area contributed by atoms with Crippen LogP contribution in [0.3, 0.4) is 0 Å². The lowest BCUT2D eigenvalue weighted by molar-refractivity contribution is -0.115. The van der Waals surface area contributed by atoms with Crippen LogP contribution < -0.4 is 5.32 Å². The number of hydrogen-bond donors (Lipinski definition) is 1. The molecule has 116 valence electrons. The van der Waals surface area contributed by atoms with Crippen LogP contribution in [0.25, 0.3) is 6.08 Å². The second-order valence-electron chi connectivity index (χ2n) is 5.05. The maximum atomic E-state index is 12.9. The molecule has 0 spiro atoms. The van der Waals surface area contributed by atoms with Gasteiger partial charge in [-0.3, -0.25) is 4.79 Å². The molecule has 0 unspecified atom stereocenters. The molecule has 1 aliphatic rings. The number of carbonyl (C=O) groups excluding carboxylic acids is 1. The number of amides is 1. The van der Waals surface area contributed by atoms with Gasteiger partial charge >= 0.3 is 0 Å². The number of rotatable bonds is 3. The number of benzene rings is 2. The standard InChI is InChI=1S/C18H15FN2OS/c1-2-12-5-9-15(10-6-12)20-18-21-17(22)16(23-18)11-13-3-7-14(19)8-4-13/h3-11H,2H2,1H3,(H,20,21,22). The van der Waals surface area contributed by atoms with Crippen molar-refractivity contribution in [1.82, 2.24) is 5.32 Å². The number of aryl methyl sites for hydroxylation is 1. The molecule has 0 aliphatic carbocycles. The number of aliphatic imine (C=N–C) groups is 1. The summed E-state index contributed by atoms with van der Waals surface area (Å²) < 4.78 is 12.9. The Hall–Kier alpha value is -2.40. The van der Waals surface area contributed by atoms with E-state index in [4.69, 9.17) is 0 Å². The van der Waals surface area contributed by atoms with Crippen molar-refractivity contribution in [3.05, 3.63) is 70.4 Å². The topological polar surface area (TPSA) is 41.5 Å². The lowest BCUT2D eigenvalue weighted by Gasteiger charge is -1.98. The lowest BCUT2D eigenvalue weighted by atomic mass is 10.2. The van der Waals surface area contributed by atoms with Crippen molar-refractivity contribution in [3.8, 4) is 0 Å². The Kier molecular flexibility index (Phi) is 4.57. The summed E-state index contributed by atoms with van der Waals surface area (Å²) in [5.41, 5.74) is 2.82. The first-order valence-electron chi connectivity index (χ1n) is 7.28. The van der Waals surface area contributed by atoms with Gasteiger partial charge in [0.15, 0.2) is 5.17 Å². The second kappa shape index (κ2) is 6.79. The van der Waals surface area contributed by atoms with Gasteiger partial charge in [-0.2, -0.15) is 0 Å². The van der Waals surface area contributed by atoms with Gasteiger partial charge in [0.1, 0.15) is 5.82 Å². The summed E-state index contributed by atoms with van der Waals surface area (Å²) in [5, 5.41) is 3.29. The summed E-state index contributed by atoms with van der Waals surface area (Å²) in [6, 6.07) is 13.9. The van der Waals surface area contributed by atoms with Crippen LogP contribution in [0.15, 0.2) is 58.4 Å². The molecular weight excluding hydrogens is 311 g/mol. The fourth-order valence-electron chi connectivity index (χ4n) is 2.11. The Morgan fingerprint density at radius 1 is 1.13 bits per heavy atom. The van der Waals surface area contributed by atoms with Crippen molar-refractivity contribution in [3.63, 3.8) is 0 Å². The van der Waals surface area contributed by atoms with Gasteiger partial charge in [0, 0.05) is 0 Å². The third kappa shape index (κ3) is 3.87. The highest BCUT2D eigenvalue weighted by molar-refractivity contribution is 8.18. The van der Waals surface area contributed by atoms with Crippen LogP contribution in [0.1, 0.15) is 18.1 Å². The summed E-state index contributed by atoms with van der Waals surface area (Å²) in [5.74, 6) is -0.489. The van der Waals surface area contributed by atoms with Gasteiger partial charge in [0.2, 0.25) is 0 Å². The van der Waals surface area contributed by atoms with E-state index < -0.39 is 0 Å². The molecule has 3 rings (SSSR count). The second-order valence-corrected chi connectivity index (χ2v) is 6.08. The maximum absolute atomic E-state index is 12.9. The van der Waals surface area contributed by atoms with E-state index in [2.05, 4.69) is 17.2 Å². The zero-order valence-electron chi connectivity index (χ0n) is 12.5. The Bertz CT molecular complexity index is 780. The molecule has 1 N–H and O–H groups in total. The van der Waals surface area contributed by atoms with Crippen LogP contribution >= 0.6 is 11.8 Å². The van der Waals surface area contributed by atoms with E-state index in [1.807, 2.05) is 24.3 Å². The van der Waals surface area contributed by atoms with Crippen LogP contribution in [0.4, 0.5) is 10.1 Å². The monoisotopic (exact) mass is 326 g/mol. The van der Waals surface area contributed by atoms with E-state index in [0.717, 1.165) is 17.7 Å². The first-order valence-corrected chi connectivity index (χ1v) is 8.10. The molecular formula is C18H15FN2OS. The van der Waals surface area contributed by atoms with Crippen molar-refractivity contribution in [1.29, 1.82) is 0 Å². The van der Waals surface area contributed by atoms with E-state index >= 15 is 0 Å². The predicted molar refractivity (Wildman–Crippen MR) is 93.0 cm³/mol. The molecule has 1 saturated heterocycles. The van der Waals surface area contributed by atoms with Crippen molar-refractivity contribution >= 4 is 34.6 Å². The van der Waals surface area contributed by atoms with E-state index in [9.17, 15) is 9.18 Å². The summed E-state index contributed by atoms with van der Waals surface area (Å²) >= 11 is 1.28. The molecule has 5 heteroatoms. The van der Waals surface area contributed by atoms with Gasteiger partial charge in [-0.15, -0.1) is 0 Å². The average molecular weight is 326 g/mol. The van der Waals surface area contributed by atoms with Crippen molar-refractivity contribution in [2.45, 2.75) is 13.3 Å². The summed E-state index contributed by atoms with van der Waals surface area (Å²) in [7, 11) is 0. The fourth-order valence-corrected chi connectivity index (χ4v) is 2.96. The quantitative estimate of drug-likeness (QED) is 0.855. The molecule has 1 aliphatic heterocycles. The number of hydrogen-bond acceptors (Lipinski definition) is 3. The average Bonchev–Trinajstić information content (AvgIpc) is 2.90. The highest BCUT2D eigenvalue weighted by Gasteiger charge is 2.23. The van der Waals surface area contributed by atoms with E-state index in [1.54, 1.807) is 18.2 Å². The van der Waals surface area contributed by atoms with E-state index in [-0.39, 0.29) is 11.7 Å². The highest BCUT2D eigenvalue weighted by atomic mass is 32.2. The predicted octanol–water partition coefficient (Wildman–Crippen LogP) is 4.28. The van der Waals surface area contributed by atoms with Crippen LogP contribution in [0.2, 0.25) is 0 Å². The van der Waals surface area contributed by atoms with Crippen LogP contribution in [-0.4, -0.2) is 11.1 Å². The number of carbonyl (C=O) groups is 1. The molecule has 0 saturated carbocycles. The van der Waals surface area contributed by atoms with Gasteiger partial charge in [-0.05, 0) is 59.7 Å². The molecule has 23 heavy (non-hydrogen) atoms. The molecule has 1 fully saturated rings. The highest BCUT2D eigenvalue weighted by Crippen LogP contribution is 2.28. The molecule has 3 nitrogen and oxygen atoms in total. The minimum absolute atomic E-state index is 0.191. The van der Waals surface area contributed by atoms with Crippen molar-refractivity contribution < 1.29 is 9.18 Å². The fraction of sp³-hybridized carbons (Fsp3) is 0.111. The number of nitrogens with zero attached hydrogens (tertiary/aromatic N) is 1. The summed E-state index contributed by atoms with van der Waals surface area (Å²) in [4.78, 5) is 17.0. The molecule has 1 heterocycles. The smallest absolute Gasteiger partial charge is 0.264 e. The Morgan fingerprint density at radius 2 is 1.83 bits per heavy atom. The molecule has 0 aromatic heterocycles. The Labute approximate surface area is 138 Å². The van der Waals surface area contributed by atoms with Crippen LogP contribution in [-0.2, 0) is 11.2 Å². The number of nitrogens with one attached hydrogen (secondary N) is 1. The minimum atomic E-state index is -0.298. The first kappa shape index (κ1) is 15.5. The molecule has 1 amide bonds. The molecule has 2 aromatic rings. The Morgan fingerprint density at radius 3 is 2.48 bits per heavy atom. The SMILES string of the molecule is CCc1ccc(N=C2NC(=O)C(=Cc3ccc(F)cc3)S2)cc1. The third-order valence-electron chi connectivity index (χ3n) is 3.39. The van der Waals surface area contributed by atoms with Gasteiger partial charge in [-0.1, -0.05) is 31.2 Å². The van der Waals surface area contributed by atoms with E-state index in [1.165, 1.54) is 29.5 Å². The van der Waals surface area contributed by atoms with Crippen LogP contribution in [0.5, 0.6) is 0 Å². The third-order valence-corrected chi connectivity index (χ3v) is 4.30. The molecule has 0 radical (unpaired) electrons. The Balaban J connectivity index is 1.78. The van der Waals surface area contributed by atoms with Gasteiger partial charge in [0.05, 0.1) is 10.6 Å². The number of thioether (sulfide) groups is 1. The summed E-state index contributed by atoms with van der Waals surface area (Å²) in [6.45, 7) is 2.10. The molecule has 0 atom stereocenters. The number of amidine groups is 1. The van der Waals surface area contributed by atoms with Crippen LogP contribution in [0, 0.1) is 5.82 Å². The zero-order chi connectivity index (χ0) is 16.2. The van der Waals surface area contributed by atoms with Gasteiger partial charge < -0.3 is 5.32 Å². The lowest BCUT2D eigenvalue weighted by Crippen LogP contribution is -2.19. The van der Waals surface area contributed by atoms with Crippen molar-refractivity contribution in [2.75, 3.05) is 0 Å². The van der Waals surface area contributed by atoms with Gasteiger partial charge in [0.25, 0.3) is 5.91 Å². The largest absolute Gasteiger partial charge is 0.300 e. The minimum Gasteiger partial charge on any atom is -0.300 e. The first-order chi connectivity index (χ1) is 11.1. The summed E-state index contributed by atoms with van der Waals surface area (Å²) in [6.07, 6.45) is 2.70. The maximum Gasteiger partial charge on any atom is 0.264 e. The number of halogens is 1. The van der Waals surface area contributed by atoms with Crippen molar-refractivity contribution in [2.24, 2.45) is 4.99 Å². The molecule has 0 bridgehead atoms. The van der Waals surface area contributed by atoms with Gasteiger partial charge in [-0.25, -0.2) is 9.38 Å². The van der Waals surface area contributed by atoms with E-state index in [0.29, 0.717) is 10.1 Å². The molecule has 2 aromatic carbocycles. The zero-order valence-corrected chi connectivity index (χ0v) is 13.4.